The Labute approximate surface area is 147 Å². The van der Waals surface area contributed by atoms with Crippen LogP contribution in [0.4, 0.5) is 18.9 Å². The first kappa shape index (κ1) is 18.2. The van der Waals surface area contributed by atoms with Crippen LogP contribution in [0.25, 0.3) is 0 Å². The molecule has 0 bridgehead atoms. The smallest absolute Gasteiger partial charge is 0.416 e. The van der Waals surface area contributed by atoms with Gasteiger partial charge in [0.25, 0.3) is 10.0 Å². The van der Waals surface area contributed by atoms with Gasteiger partial charge < -0.3 is 5.11 Å². The minimum absolute atomic E-state index is 0.171. The Morgan fingerprint density at radius 3 is 2.50 bits per heavy atom. The predicted molar refractivity (Wildman–Crippen MR) is 87.7 cm³/mol. The highest BCUT2D eigenvalue weighted by atomic mass is 32.2. The molecule has 2 aromatic carbocycles. The molecule has 9 heteroatoms. The molecule has 0 amide bonds. The van der Waals surface area contributed by atoms with E-state index in [1.54, 1.807) is 0 Å². The predicted octanol–water partition coefficient (Wildman–Crippen LogP) is 3.69. The fourth-order valence-corrected chi connectivity index (χ4v) is 4.38. The SMILES string of the molecule is O=C(O)c1cc2c(c(S(=O)(=O)Nc3cccc(C(F)(F)F)c3)c1)CCC2. The van der Waals surface area contributed by atoms with Crippen LogP contribution in [0, 0.1) is 0 Å². The Bertz CT molecular complexity index is 984. The van der Waals surface area contributed by atoms with E-state index < -0.39 is 27.7 Å². The van der Waals surface area contributed by atoms with E-state index >= 15 is 0 Å². The van der Waals surface area contributed by atoms with Crippen LogP contribution in [-0.4, -0.2) is 19.5 Å². The Balaban J connectivity index is 2.03. The quantitative estimate of drug-likeness (QED) is 0.841. The van der Waals surface area contributed by atoms with Crippen LogP contribution in [0.3, 0.4) is 0 Å². The number of nitrogens with one attached hydrogen (secondary N) is 1. The third-order valence-corrected chi connectivity index (χ3v) is 5.60. The van der Waals surface area contributed by atoms with E-state index in [-0.39, 0.29) is 16.1 Å². The lowest BCUT2D eigenvalue weighted by molar-refractivity contribution is -0.137. The third-order valence-electron chi connectivity index (χ3n) is 4.15. The Hall–Kier alpha value is -2.55. The van der Waals surface area contributed by atoms with E-state index in [1.807, 2.05) is 0 Å². The molecule has 0 spiro atoms. The maximum absolute atomic E-state index is 12.8. The summed E-state index contributed by atoms with van der Waals surface area (Å²) < 4.78 is 66.0. The number of aryl methyl sites for hydroxylation is 1. The molecule has 0 saturated carbocycles. The van der Waals surface area contributed by atoms with Gasteiger partial charge in [-0.15, -0.1) is 0 Å². The molecule has 1 aliphatic carbocycles. The Kier molecular flexibility index (Phi) is 4.43. The number of sulfonamides is 1. The molecule has 0 unspecified atom stereocenters. The van der Waals surface area contributed by atoms with Crippen LogP contribution in [0.5, 0.6) is 0 Å². The minimum atomic E-state index is -4.61. The average molecular weight is 385 g/mol. The van der Waals surface area contributed by atoms with Gasteiger partial charge in [-0.05, 0) is 60.7 Å². The van der Waals surface area contributed by atoms with Crippen molar-refractivity contribution in [3.63, 3.8) is 0 Å². The highest BCUT2D eigenvalue weighted by molar-refractivity contribution is 7.92. The average Bonchev–Trinajstić information content (AvgIpc) is 3.01. The van der Waals surface area contributed by atoms with Crippen molar-refractivity contribution in [3.05, 3.63) is 58.7 Å². The first-order valence-corrected chi connectivity index (χ1v) is 9.15. The van der Waals surface area contributed by atoms with Gasteiger partial charge >= 0.3 is 12.1 Å². The van der Waals surface area contributed by atoms with E-state index in [0.29, 0.717) is 36.5 Å². The van der Waals surface area contributed by atoms with Gasteiger partial charge in [0.1, 0.15) is 0 Å². The van der Waals surface area contributed by atoms with Gasteiger partial charge in [0, 0.05) is 5.69 Å². The molecule has 0 radical (unpaired) electrons. The molecule has 26 heavy (non-hydrogen) atoms. The standard InChI is InChI=1S/C17H14F3NO4S/c18-17(19,20)12-4-2-5-13(9-12)21-26(24,25)15-8-11(16(22)23)7-10-3-1-6-14(10)15/h2,4-5,7-9,21H,1,3,6H2,(H,22,23). The number of rotatable bonds is 4. The topological polar surface area (TPSA) is 83.5 Å². The van der Waals surface area contributed by atoms with Crippen LogP contribution >= 0.6 is 0 Å². The molecular weight excluding hydrogens is 371 g/mol. The van der Waals surface area contributed by atoms with Crippen molar-refractivity contribution in [2.24, 2.45) is 0 Å². The summed E-state index contributed by atoms with van der Waals surface area (Å²) in [6.45, 7) is 0. The second-order valence-corrected chi connectivity index (χ2v) is 7.61. The fraction of sp³-hybridized carbons (Fsp3) is 0.235. The van der Waals surface area contributed by atoms with E-state index in [4.69, 9.17) is 0 Å². The molecule has 0 aliphatic heterocycles. The van der Waals surface area contributed by atoms with E-state index in [0.717, 1.165) is 18.2 Å². The molecule has 2 N–H and O–H groups in total. The van der Waals surface area contributed by atoms with Crippen LogP contribution in [0.1, 0.15) is 33.5 Å². The lowest BCUT2D eigenvalue weighted by atomic mass is 10.1. The monoisotopic (exact) mass is 385 g/mol. The Morgan fingerprint density at radius 1 is 1.12 bits per heavy atom. The molecule has 138 valence electrons. The van der Waals surface area contributed by atoms with Crippen molar-refractivity contribution in [1.29, 1.82) is 0 Å². The normalized spacial score (nSPS) is 14.1. The van der Waals surface area contributed by atoms with Gasteiger partial charge in [0.05, 0.1) is 16.0 Å². The minimum Gasteiger partial charge on any atom is -0.478 e. The molecular formula is C17H14F3NO4S. The Morgan fingerprint density at radius 2 is 1.85 bits per heavy atom. The van der Waals surface area contributed by atoms with Gasteiger partial charge in [0.15, 0.2) is 0 Å². The maximum Gasteiger partial charge on any atom is 0.416 e. The number of halogens is 3. The van der Waals surface area contributed by atoms with Crippen LogP contribution in [-0.2, 0) is 29.0 Å². The zero-order chi connectivity index (χ0) is 19.1. The summed E-state index contributed by atoms with van der Waals surface area (Å²) in [5.74, 6) is -1.27. The molecule has 0 saturated heterocycles. The number of fused-ring (bicyclic) bond motifs is 1. The zero-order valence-corrected chi connectivity index (χ0v) is 14.1. The van der Waals surface area contributed by atoms with Gasteiger partial charge in [0.2, 0.25) is 0 Å². The van der Waals surface area contributed by atoms with Gasteiger partial charge in [-0.3, -0.25) is 4.72 Å². The van der Waals surface area contributed by atoms with Gasteiger partial charge in [-0.1, -0.05) is 6.07 Å². The first-order valence-electron chi connectivity index (χ1n) is 7.67. The van der Waals surface area contributed by atoms with Crippen molar-refractivity contribution in [2.45, 2.75) is 30.3 Å². The van der Waals surface area contributed by atoms with E-state index in [2.05, 4.69) is 4.72 Å². The summed E-state index contributed by atoms with van der Waals surface area (Å²) >= 11 is 0. The molecule has 0 atom stereocenters. The first-order chi connectivity index (χ1) is 12.1. The highest BCUT2D eigenvalue weighted by Crippen LogP contribution is 2.33. The van der Waals surface area contributed by atoms with E-state index in [1.165, 1.54) is 12.1 Å². The number of carboxylic acids is 1. The number of hydrogen-bond acceptors (Lipinski definition) is 3. The number of carbonyl (C=O) groups is 1. The lowest BCUT2D eigenvalue weighted by Gasteiger charge is -2.14. The van der Waals surface area contributed by atoms with Crippen molar-refractivity contribution >= 4 is 21.7 Å². The molecule has 0 aromatic heterocycles. The molecule has 1 aliphatic rings. The lowest BCUT2D eigenvalue weighted by Crippen LogP contribution is -2.17. The second-order valence-electron chi connectivity index (χ2n) is 5.95. The summed E-state index contributed by atoms with van der Waals surface area (Å²) in [4.78, 5) is 11.0. The van der Waals surface area contributed by atoms with Crippen LogP contribution in [0.2, 0.25) is 0 Å². The molecule has 3 rings (SSSR count). The number of anilines is 1. The molecule has 5 nitrogen and oxygen atoms in total. The molecule has 2 aromatic rings. The van der Waals surface area contributed by atoms with Gasteiger partial charge in [-0.2, -0.15) is 13.2 Å². The number of hydrogen-bond donors (Lipinski definition) is 2. The van der Waals surface area contributed by atoms with Crippen LogP contribution < -0.4 is 4.72 Å². The highest BCUT2D eigenvalue weighted by Gasteiger charge is 2.31. The number of carboxylic acid groups (broad SMARTS) is 1. The largest absolute Gasteiger partial charge is 0.478 e. The second kappa shape index (κ2) is 6.31. The third kappa shape index (κ3) is 3.52. The summed E-state index contributed by atoms with van der Waals surface area (Å²) in [6.07, 6.45) is -2.90. The number of benzene rings is 2. The summed E-state index contributed by atoms with van der Waals surface area (Å²) in [6, 6.07) is 6.31. The van der Waals surface area contributed by atoms with Crippen molar-refractivity contribution in [3.8, 4) is 0 Å². The molecule has 0 heterocycles. The molecule has 0 fully saturated rings. The van der Waals surface area contributed by atoms with Crippen molar-refractivity contribution in [1.82, 2.24) is 0 Å². The van der Waals surface area contributed by atoms with Crippen LogP contribution in [0.15, 0.2) is 41.3 Å². The van der Waals surface area contributed by atoms with Crippen molar-refractivity contribution in [2.75, 3.05) is 4.72 Å². The number of alkyl halides is 3. The van der Waals surface area contributed by atoms with Crippen molar-refractivity contribution < 1.29 is 31.5 Å². The number of aromatic carboxylic acids is 1. The maximum atomic E-state index is 12.8. The summed E-state index contributed by atoms with van der Waals surface area (Å²) in [7, 11) is -4.24. The fourth-order valence-electron chi connectivity index (χ4n) is 3.00. The summed E-state index contributed by atoms with van der Waals surface area (Å²) in [5.41, 5.74) is -0.256. The zero-order valence-electron chi connectivity index (χ0n) is 13.3. The summed E-state index contributed by atoms with van der Waals surface area (Å²) in [5, 5.41) is 9.18. The van der Waals surface area contributed by atoms with Gasteiger partial charge in [-0.25, -0.2) is 13.2 Å². The van der Waals surface area contributed by atoms with E-state index in [9.17, 15) is 31.5 Å².